The molecule has 0 aliphatic heterocycles. The van der Waals surface area contributed by atoms with Gasteiger partial charge in [0.1, 0.15) is 12.6 Å². The van der Waals surface area contributed by atoms with Crippen molar-refractivity contribution < 1.29 is 18.0 Å². The molecule has 0 spiro atoms. The Kier molecular flexibility index (Phi) is 11.8. The monoisotopic (exact) mass is 651 g/mol. The summed E-state index contributed by atoms with van der Waals surface area (Å²) in [5, 5.41) is 3.85. The van der Waals surface area contributed by atoms with Crippen LogP contribution in [0.3, 0.4) is 0 Å². The summed E-state index contributed by atoms with van der Waals surface area (Å²) in [6, 6.07) is 29.8. The first-order valence-corrected chi connectivity index (χ1v) is 16.6. The Labute approximate surface area is 269 Å². The van der Waals surface area contributed by atoms with Crippen LogP contribution in [0.15, 0.2) is 114 Å². The zero-order valence-corrected chi connectivity index (χ0v) is 26.7. The van der Waals surface area contributed by atoms with E-state index < -0.39 is 28.5 Å². The number of benzene rings is 4. The number of sulfonamides is 1. The van der Waals surface area contributed by atoms with Crippen LogP contribution in [0.5, 0.6) is 0 Å². The van der Waals surface area contributed by atoms with Gasteiger partial charge >= 0.3 is 0 Å². The highest BCUT2D eigenvalue weighted by atomic mass is 35.5. The molecule has 1 atom stereocenters. The number of unbranched alkanes of at least 4 members (excludes halogenated alkanes) is 1. The minimum atomic E-state index is -4.20. The largest absolute Gasteiger partial charge is 0.354 e. The number of carbonyl (C=O) groups is 2. The summed E-state index contributed by atoms with van der Waals surface area (Å²) in [6.07, 6.45) is 1.91. The van der Waals surface area contributed by atoms with Crippen molar-refractivity contribution in [1.82, 2.24) is 10.2 Å². The molecule has 0 radical (unpaired) electrons. The van der Waals surface area contributed by atoms with Crippen LogP contribution < -0.4 is 9.62 Å². The van der Waals surface area contributed by atoms with Crippen LogP contribution in [0.1, 0.15) is 30.9 Å². The van der Waals surface area contributed by atoms with Crippen molar-refractivity contribution in [2.45, 2.75) is 43.7 Å². The fourth-order valence-corrected chi connectivity index (χ4v) is 6.50. The number of hydrogen-bond acceptors (Lipinski definition) is 4. The smallest absolute Gasteiger partial charge is 0.264 e. The molecule has 7 nitrogen and oxygen atoms in total. The molecule has 0 aliphatic rings. The Morgan fingerprint density at radius 3 is 2.07 bits per heavy atom. The van der Waals surface area contributed by atoms with Crippen molar-refractivity contribution in [3.63, 3.8) is 0 Å². The van der Waals surface area contributed by atoms with Crippen LogP contribution in [0.25, 0.3) is 0 Å². The van der Waals surface area contributed by atoms with Gasteiger partial charge in [0.25, 0.3) is 10.0 Å². The highest BCUT2D eigenvalue weighted by Gasteiger charge is 2.34. The quantitative estimate of drug-likeness (QED) is 0.153. The second-order valence-corrected chi connectivity index (χ2v) is 13.0. The van der Waals surface area contributed by atoms with Crippen molar-refractivity contribution >= 4 is 50.7 Å². The van der Waals surface area contributed by atoms with E-state index in [1.807, 2.05) is 43.3 Å². The Morgan fingerprint density at radius 1 is 0.795 bits per heavy atom. The SMILES string of the molecule is CCCCNC(=O)[C@H](Cc1ccccc1)N(Cc1cccc(Cl)c1)C(=O)CN(c1ccccc1)S(=O)(=O)c1ccc(Cl)cc1. The van der Waals surface area contributed by atoms with Crippen LogP contribution in [-0.4, -0.2) is 44.3 Å². The lowest BCUT2D eigenvalue weighted by molar-refractivity contribution is -0.140. The lowest BCUT2D eigenvalue weighted by Crippen LogP contribution is -2.53. The number of carbonyl (C=O) groups excluding carboxylic acids is 2. The van der Waals surface area contributed by atoms with Gasteiger partial charge in [-0.3, -0.25) is 13.9 Å². The van der Waals surface area contributed by atoms with Gasteiger partial charge in [0, 0.05) is 29.6 Å². The predicted molar refractivity (Wildman–Crippen MR) is 176 cm³/mol. The Morgan fingerprint density at radius 2 is 1.43 bits per heavy atom. The highest BCUT2D eigenvalue weighted by Crippen LogP contribution is 2.26. The van der Waals surface area contributed by atoms with Gasteiger partial charge in [-0.1, -0.05) is 97.2 Å². The molecular formula is C34H35Cl2N3O4S. The summed E-state index contributed by atoms with van der Waals surface area (Å²) in [6.45, 7) is 1.99. The first-order valence-electron chi connectivity index (χ1n) is 14.4. The lowest BCUT2D eigenvalue weighted by atomic mass is 10.0. The van der Waals surface area contributed by atoms with Crippen molar-refractivity contribution in [3.05, 3.63) is 130 Å². The summed E-state index contributed by atoms with van der Waals surface area (Å²) >= 11 is 12.3. The molecule has 4 aromatic rings. The third-order valence-electron chi connectivity index (χ3n) is 7.07. The summed E-state index contributed by atoms with van der Waals surface area (Å²) in [5.74, 6) is -0.859. The number of para-hydroxylation sites is 1. The molecule has 2 amide bonds. The summed E-state index contributed by atoms with van der Waals surface area (Å²) in [7, 11) is -4.20. The van der Waals surface area contributed by atoms with Gasteiger partial charge in [-0.25, -0.2) is 8.42 Å². The molecule has 0 fully saturated rings. The Balaban J connectivity index is 1.77. The van der Waals surface area contributed by atoms with Crippen molar-refractivity contribution in [2.24, 2.45) is 0 Å². The van der Waals surface area contributed by atoms with Gasteiger partial charge in [-0.2, -0.15) is 0 Å². The Hall–Kier alpha value is -3.85. The predicted octanol–water partition coefficient (Wildman–Crippen LogP) is 6.75. The standard InChI is InChI=1S/C34H35Cl2N3O4S/c1-2-3-21-37-34(41)32(23-26-11-6-4-7-12-26)38(24-27-13-10-14-29(36)22-27)33(40)25-39(30-15-8-5-9-16-30)44(42,43)31-19-17-28(35)18-20-31/h4-20,22,32H,2-3,21,23-25H2,1H3,(H,37,41)/t32-/m0/s1. The van der Waals surface area contributed by atoms with E-state index in [1.54, 1.807) is 48.5 Å². The minimum absolute atomic E-state index is 0.0157. The molecule has 0 heterocycles. The highest BCUT2D eigenvalue weighted by molar-refractivity contribution is 7.92. The van der Waals surface area contributed by atoms with E-state index in [4.69, 9.17) is 23.2 Å². The van der Waals surface area contributed by atoms with Crippen molar-refractivity contribution in [2.75, 3.05) is 17.4 Å². The fourth-order valence-electron chi connectivity index (χ4n) is 4.75. The topological polar surface area (TPSA) is 86.8 Å². The molecule has 0 saturated heterocycles. The maximum atomic E-state index is 14.4. The van der Waals surface area contributed by atoms with E-state index >= 15 is 0 Å². The molecule has 0 unspecified atom stereocenters. The number of amides is 2. The molecule has 1 N–H and O–H groups in total. The van der Waals surface area contributed by atoms with Crippen molar-refractivity contribution in [3.8, 4) is 0 Å². The lowest BCUT2D eigenvalue weighted by Gasteiger charge is -2.34. The second kappa shape index (κ2) is 15.7. The maximum absolute atomic E-state index is 14.4. The van der Waals surface area contributed by atoms with Crippen LogP contribution in [0.2, 0.25) is 10.0 Å². The third kappa shape index (κ3) is 8.85. The average molecular weight is 653 g/mol. The number of nitrogens with zero attached hydrogens (tertiary/aromatic N) is 2. The summed E-state index contributed by atoms with van der Waals surface area (Å²) in [4.78, 5) is 29.6. The number of anilines is 1. The van der Waals surface area contributed by atoms with Crippen molar-refractivity contribution in [1.29, 1.82) is 0 Å². The number of hydrogen-bond donors (Lipinski definition) is 1. The zero-order chi connectivity index (χ0) is 31.5. The summed E-state index contributed by atoms with van der Waals surface area (Å²) in [5.41, 5.74) is 1.88. The number of halogens is 2. The van der Waals surface area contributed by atoms with Crippen LogP contribution >= 0.6 is 23.2 Å². The zero-order valence-electron chi connectivity index (χ0n) is 24.4. The molecule has 230 valence electrons. The molecule has 0 aromatic heterocycles. The molecule has 10 heteroatoms. The molecule has 0 bridgehead atoms. The van der Waals surface area contributed by atoms with Crippen LogP contribution in [0.4, 0.5) is 5.69 Å². The second-order valence-electron chi connectivity index (χ2n) is 10.3. The van der Waals surface area contributed by atoms with E-state index in [1.165, 1.54) is 29.2 Å². The molecule has 0 aliphatic carbocycles. The van der Waals surface area contributed by atoms with E-state index in [-0.39, 0.29) is 23.8 Å². The van der Waals surface area contributed by atoms with E-state index in [0.717, 1.165) is 22.7 Å². The van der Waals surface area contributed by atoms with Gasteiger partial charge in [-0.15, -0.1) is 0 Å². The minimum Gasteiger partial charge on any atom is -0.354 e. The van der Waals surface area contributed by atoms with Gasteiger partial charge in [0.15, 0.2) is 0 Å². The van der Waals surface area contributed by atoms with Gasteiger partial charge in [0.05, 0.1) is 10.6 Å². The molecular weight excluding hydrogens is 617 g/mol. The van der Waals surface area contributed by atoms with Gasteiger partial charge in [0.2, 0.25) is 11.8 Å². The van der Waals surface area contributed by atoms with Crippen LogP contribution in [-0.2, 0) is 32.6 Å². The van der Waals surface area contributed by atoms with Crippen LogP contribution in [0, 0.1) is 0 Å². The number of rotatable bonds is 14. The summed E-state index contributed by atoms with van der Waals surface area (Å²) < 4.78 is 29.0. The fraction of sp³-hybridized carbons (Fsp3) is 0.235. The van der Waals surface area contributed by atoms with E-state index in [0.29, 0.717) is 27.8 Å². The molecule has 4 rings (SSSR count). The normalized spacial score (nSPS) is 11.9. The Bertz CT molecular complexity index is 1640. The number of nitrogens with one attached hydrogen (secondary N) is 1. The molecule has 44 heavy (non-hydrogen) atoms. The molecule has 0 saturated carbocycles. The van der Waals surface area contributed by atoms with Gasteiger partial charge in [-0.05, 0) is 66.1 Å². The van der Waals surface area contributed by atoms with Gasteiger partial charge < -0.3 is 10.2 Å². The third-order valence-corrected chi connectivity index (χ3v) is 9.34. The first kappa shape index (κ1) is 33.1. The molecule has 4 aromatic carbocycles. The average Bonchev–Trinajstić information content (AvgIpc) is 3.02. The first-order chi connectivity index (χ1) is 21.2. The van der Waals surface area contributed by atoms with E-state index in [2.05, 4.69) is 5.32 Å². The van der Waals surface area contributed by atoms with E-state index in [9.17, 15) is 18.0 Å². The maximum Gasteiger partial charge on any atom is 0.264 e.